The lowest BCUT2D eigenvalue weighted by Gasteiger charge is -2.28. The molecule has 1 aliphatic heterocycles. The highest BCUT2D eigenvalue weighted by Crippen LogP contribution is 2.32. The van der Waals surface area contributed by atoms with Gasteiger partial charge >= 0.3 is 0 Å². The first kappa shape index (κ1) is 22.3. The number of nitrogens with zero attached hydrogens (tertiary/aromatic N) is 4. The van der Waals surface area contributed by atoms with E-state index in [1.807, 2.05) is 13.8 Å². The Labute approximate surface area is 190 Å². The number of piperidine rings is 1. The summed E-state index contributed by atoms with van der Waals surface area (Å²) < 4.78 is 19.4. The number of benzene rings is 1. The van der Waals surface area contributed by atoms with Crippen LogP contribution in [0, 0.1) is 11.7 Å². The summed E-state index contributed by atoms with van der Waals surface area (Å²) in [6.45, 7) is 6.49. The highest BCUT2D eigenvalue weighted by atomic mass is 32.1. The molecule has 10 heteroatoms. The summed E-state index contributed by atoms with van der Waals surface area (Å²) in [5, 5.41) is 6.51. The maximum Gasteiger partial charge on any atom is 0.280 e. The number of fused-ring (bicyclic) bond motifs is 1. The fourth-order valence-electron chi connectivity index (χ4n) is 3.60. The van der Waals surface area contributed by atoms with Crippen molar-refractivity contribution in [3.63, 3.8) is 0 Å². The van der Waals surface area contributed by atoms with Crippen LogP contribution in [-0.2, 0) is 0 Å². The molecule has 1 saturated heterocycles. The van der Waals surface area contributed by atoms with E-state index in [9.17, 15) is 9.18 Å². The van der Waals surface area contributed by atoms with E-state index in [2.05, 4.69) is 37.5 Å². The number of hydrogen-bond donors (Lipinski definition) is 2. The molecule has 3 aromatic rings. The quantitative estimate of drug-likeness (QED) is 0.556. The Bertz CT molecular complexity index is 1100. The van der Waals surface area contributed by atoms with E-state index >= 15 is 0 Å². The highest BCUT2D eigenvalue weighted by molar-refractivity contribution is 7.19. The molecule has 2 aromatic heterocycles. The smallest absolute Gasteiger partial charge is 0.280 e. The number of nitrogens with one attached hydrogen (secondary N) is 2. The van der Waals surface area contributed by atoms with Crippen LogP contribution in [0.3, 0.4) is 0 Å². The minimum atomic E-state index is -0.392. The van der Waals surface area contributed by atoms with Crippen LogP contribution in [0.1, 0.15) is 36.5 Å². The van der Waals surface area contributed by atoms with Gasteiger partial charge in [0.05, 0.1) is 11.8 Å². The largest absolute Gasteiger partial charge is 0.489 e. The van der Waals surface area contributed by atoms with Crippen LogP contribution in [0.4, 0.5) is 15.9 Å². The SMILES string of the molecule is CC(C)Oc1cc(F)ccc1Nc1ncnc2sc(C(=O)NCC3CCN(C)CC3)nc12. The van der Waals surface area contributed by atoms with Gasteiger partial charge in [-0.1, -0.05) is 11.3 Å². The second kappa shape index (κ2) is 9.74. The third-order valence-corrected chi connectivity index (χ3v) is 6.30. The Morgan fingerprint density at radius 1 is 1.31 bits per heavy atom. The van der Waals surface area contributed by atoms with Gasteiger partial charge in [0.15, 0.2) is 10.8 Å². The number of carbonyl (C=O) groups excluding carboxylic acids is 1. The van der Waals surface area contributed by atoms with Gasteiger partial charge in [-0.2, -0.15) is 0 Å². The third kappa shape index (κ3) is 5.31. The molecule has 3 heterocycles. The molecule has 170 valence electrons. The van der Waals surface area contributed by atoms with E-state index in [1.165, 1.54) is 29.8 Å². The van der Waals surface area contributed by atoms with Gasteiger partial charge in [0.1, 0.15) is 28.2 Å². The fourth-order valence-corrected chi connectivity index (χ4v) is 4.42. The van der Waals surface area contributed by atoms with Crippen molar-refractivity contribution >= 4 is 39.1 Å². The lowest BCUT2D eigenvalue weighted by molar-refractivity contribution is 0.0939. The zero-order valence-corrected chi connectivity index (χ0v) is 19.2. The highest BCUT2D eigenvalue weighted by Gasteiger charge is 2.20. The van der Waals surface area contributed by atoms with E-state index in [1.54, 1.807) is 6.07 Å². The van der Waals surface area contributed by atoms with E-state index in [0.29, 0.717) is 45.1 Å². The van der Waals surface area contributed by atoms with E-state index in [0.717, 1.165) is 25.9 Å². The topological polar surface area (TPSA) is 92.3 Å². The van der Waals surface area contributed by atoms with Gasteiger partial charge in [0, 0.05) is 12.6 Å². The summed E-state index contributed by atoms with van der Waals surface area (Å²) >= 11 is 1.22. The number of ether oxygens (including phenoxy) is 1. The average molecular weight is 459 g/mol. The first-order chi connectivity index (χ1) is 15.4. The molecular weight excluding hydrogens is 431 g/mol. The predicted molar refractivity (Wildman–Crippen MR) is 123 cm³/mol. The van der Waals surface area contributed by atoms with Gasteiger partial charge in [-0.3, -0.25) is 4.79 Å². The van der Waals surface area contributed by atoms with Crippen molar-refractivity contribution < 1.29 is 13.9 Å². The number of amides is 1. The number of anilines is 2. The van der Waals surface area contributed by atoms with Gasteiger partial charge in [0.25, 0.3) is 5.91 Å². The minimum Gasteiger partial charge on any atom is -0.489 e. The van der Waals surface area contributed by atoms with Crippen molar-refractivity contribution in [3.8, 4) is 5.75 Å². The molecule has 0 radical (unpaired) electrons. The Balaban J connectivity index is 1.51. The van der Waals surface area contributed by atoms with Crippen molar-refractivity contribution in [2.45, 2.75) is 32.8 Å². The lowest BCUT2D eigenvalue weighted by Crippen LogP contribution is -2.36. The zero-order valence-electron chi connectivity index (χ0n) is 18.4. The van der Waals surface area contributed by atoms with Gasteiger partial charge in [-0.25, -0.2) is 19.3 Å². The molecule has 0 atom stereocenters. The molecule has 1 aromatic carbocycles. The standard InChI is InChI=1S/C22H27FN6O2S/c1-13(2)31-17-10-15(23)4-5-16(17)27-19-18-21(26-12-25-19)32-22(28-18)20(30)24-11-14-6-8-29(3)9-7-14/h4-5,10,12-14H,6-9,11H2,1-3H3,(H,24,30)(H,25,26,27). The van der Waals surface area contributed by atoms with Gasteiger partial charge in [-0.05, 0) is 64.9 Å². The Kier molecular flexibility index (Phi) is 6.80. The summed E-state index contributed by atoms with van der Waals surface area (Å²) in [5.74, 6) is 0.693. The summed E-state index contributed by atoms with van der Waals surface area (Å²) in [7, 11) is 2.12. The van der Waals surface area contributed by atoms with Crippen molar-refractivity contribution in [1.29, 1.82) is 0 Å². The van der Waals surface area contributed by atoms with Gasteiger partial charge in [-0.15, -0.1) is 0 Å². The molecular formula is C22H27FN6O2S. The second-order valence-corrected chi connectivity index (χ2v) is 9.26. The molecule has 1 aliphatic rings. The molecule has 0 saturated carbocycles. The number of thiazole rings is 1. The van der Waals surface area contributed by atoms with Crippen LogP contribution in [-0.4, -0.2) is 58.5 Å². The number of carbonyl (C=O) groups is 1. The van der Waals surface area contributed by atoms with E-state index in [-0.39, 0.29) is 12.0 Å². The summed E-state index contributed by atoms with van der Waals surface area (Å²) in [5.41, 5.74) is 1.04. The van der Waals surface area contributed by atoms with Crippen molar-refractivity contribution in [2.75, 3.05) is 32.0 Å². The Morgan fingerprint density at radius 2 is 2.09 bits per heavy atom. The molecule has 0 spiro atoms. The summed E-state index contributed by atoms with van der Waals surface area (Å²) in [4.78, 5) is 28.6. The van der Waals surface area contributed by atoms with Crippen LogP contribution < -0.4 is 15.4 Å². The van der Waals surface area contributed by atoms with Gasteiger partial charge in [0.2, 0.25) is 0 Å². The molecule has 0 aliphatic carbocycles. The normalized spacial score (nSPS) is 15.3. The molecule has 1 fully saturated rings. The van der Waals surface area contributed by atoms with Crippen LogP contribution in [0.5, 0.6) is 5.75 Å². The molecule has 2 N–H and O–H groups in total. The molecule has 8 nitrogen and oxygen atoms in total. The number of halogens is 1. The number of rotatable bonds is 7. The molecule has 0 bridgehead atoms. The maximum atomic E-state index is 13.7. The summed E-state index contributed by atoms with van der Waals surface area (Å²) in [6, 6.07) is 4.25. The summed E-state index contributed by atoms with van der Waals surface area (Å²) in [6.07, 6.45) is 3.45. The minimum absolute atomic E-state index is 0.123. The lowest BCUT2D eigenvalue weighted by atomic mass is 9.97. The maximum absolute atomic E-state index is 13.7. The van der Waals surface area contributed by atoms with Crippen molar-refractivity contribution in [1.82, 2.24) is 25.2 Å². The van der Waals surface area contributed by atoms with Crippen LogP contribution in [0.25, 0.3) is 10.3 Å². The fraction of sp³-hybridized carbons (Fsp3) is 0.455. The molecule has 32 heavy (non-hydrogen) atoms. The van der Waals surface area contributed by atoms with Crippen LogP contribution in [0.2, 0.25) is 0 Å². The van der Waals surface area contributed by atoms with E-state index in [4.69, 9.17) is 4.74 Å². The number of hydrogen-bond acceptors (Lipinski definition) is 8. The predicted octanol–water partition coefficient (Wildman–Crippen LogP) is 3.83. The van der Waals surface area contributed by atoms with Crippen molar-refractivity contribution in [3.05, 3.63) is 35.4 Å². The Morgan fingerprint density at radius 3 is 2.84 bits per heavy atom. The van der Waals surface area contributed by atoms with E-state index < -0.39 is 5.82 Å². The monoisotopic (exact) mass is 458 g/mol. The molecule has 4 rings (SSSR count). The van der Waals surface area contributed by atoms with Gasteiger partial charge < -0.3 is 20.3 Å². The van der Waals surface area contributed by atoms with Crippen LogP contribution >= 0.6 is 11.3 Å². The first-order valence-electron chi connectivity index (χ1n) is 10.7. The third-order valence-electron chi connectivity index (χ3n) is 5.34. The van der Waals surface area contributed by atoms with Crippen molar-refractivity contribution in [2.24, 2.45) is 5.92 Å². The first-order valence-corrected chi connectivity index (χ1v) is 11.5. The van der Waals surface area contributed by atoms with Crippen LogP contribution in [0.15, 0.2) is 24.5 Å². The zero-order chi connectivity index (χ0) is 22.7. The molecule has 1 amide bonds. The number of aromatic nitrogens is 3. The second-order valence-electron chi connectivity index (χ2n) is 8.28. The average Bonchev–Trinajstić information content (AvgIpc) is 3.20. The number of likely N-dealkylation sites (tertiary alicyclic amines) is 1. The Hall–Kier alpha value is -2.85. The molecule has 0 unspecified atom stereocenters.